The van der Waals surface area contributed by atoms with Gasteiger partial charge in [-0.1, -0.05) is 37.3 Å². The molecule has 2 aromatic carbocycles. The third-order valence-electron chi connectivity index (χ3n) is 5.91. The second-order valence-electron chi connectivity index (χ2n) is 8.70. The van der Waals surface area contributed by atoms with Crippen molar-refractivity contribution in [3.8, 4) is 6.07 Å². The highest BCUT2D eigenvalue weighted by atomic mass is 32.1. The van der Waals surface area contributed by atoms with Crippen molar-refractivity contribution >= 4 is 32.7 Å². The molecule has 0 fully saturated rings. The van der Waals surface area contributed by atoms with Gasteiger partial charge in [-0.15, -0.1) is 21.6 Å². The SMILES string of the molecule is [C-]#[N+]c1sc(N=Nc2ccc(N(CCOCCOCCC)CC(O)c3ccccc3)cc2C)c(C#N)c1C. The molecule has 0 saturated carbocycles. The number of azo groups is 1. The highest BCUT2D eigenvalue weighted by Gasteiger charge is 2.16. The molecule has 198 valence electrons. The predicted molar refractivity (Wildman–Crippen MR) is 151 cm³/mol. The Kier molecular flexibility index (Phi) is 11.4. The van der Waals surface area contributed by atoms with Gasteiger partial charge in [-0.2, -0.15) is 5.26 Å². The summed E-state index contributed by atoms with van der Waals surface area (Å²) in [6.07, 6.45) is 0.320. The fourth-order valence-corrected chi connectivity index (χ4v) is 4.67. The van der Waals surface area contributed by atoms with Crippen molar-refractivity contribution < 1.29 is 14.6 Å². The van der Waals surface area contributed by atoms with Gasteiger partial charge in [0.05, 0.1) is 43.7 Å². The molecule has 3 aromatic rings. The Morgan fingerprint density at radius 1 is 1.08 bits per heavy atom. The van der Waals surface area contributed by atoms with Crippen molar-refractivity contribution in [3.05, 3.63) is 82.2 Å². The number of ether oxygens (including phenoxy) is 2. The molecule has 0 amide bonds. The lowest BCUT2D eigenvalue weighted by molar-refractivity contribution is 0.0500. The molecular formula is C29H33N5O3S. The minimum Gasteiger partial charge on any atom is -0.387 e. The molecule has 0 bridgehead atoms. The van der Waals surface area contributed by atoms with E-state index >= 15 is 0 Å². The van der Waals surface area contributed by atoms with Crippen LogP contribution in [0.25, 0.3) is 4.85 Å². The summed E-state index contributed by atoms with van der Waals surface area (Å²) < 4.78 is 11.3. The number of benzene rings is 2. The number of anilines is 1. The maximum atomic E-state index is 10.9. The molecule has 0 aliphatic heterocycles. The van der Waals surface area contributed by atoms with E-state index in [9.17, 15) is 10.4 Å². The number of aryl methyl sites for hydroxylation is 1. The number of hydrogen-bond donors (Lipinski definition) is 1. The zero-order valence-corrected chi connectivity index (χ0v) is 22.9. The maximum Gasteiger partial charge on any atom is 0.247 e. The first-order chi connectivity index (χ1) is 18.5. The summed E-state index contributed by atoms with van der Waals surface area (Å²) in [4.78, 5) is 5.56. The van der Waals surface area contributed by atoms with Crippen LogP contribution >= 0.6 is 11.3 Å². The highest BCUT2D eigenvalue weighted by Crippen LogP contribution is 2.41. The van der Waals surface area contributed by atoms with Crippen molar-refractivity contribution in [2.24, 2.45) is 10.2 Å². The third kappa shape index (κ3) is 7.95. The number of nitrogens with zero attached hydrogens (tertiary/aromatic N) is 5. The number of aliphatic hydroxyl groups is 1. The molecule has 38 heavy (non-hydrogen) atoms. The molecule has 1 unspecified atom stereocenters. The van der Waals surface area contributed by atoms with Crippen molar-refractivity contribution in [2.45, 2.75) is 33.3 Å². The second-order valence-corrected chi connectivity index (χ2v) is 9.68. The lowest BCUT2D eigenvalue weighted by Crippen LogP contribution is -2.32. The van der Waals surface area contributed by atoms with Gasteiger partial charge < -0.3 is 19.5 Å². The molecule has 0 spiro atoms. The summed E-state index contributed by atoms with van der Waals surface area (Å²) in [6.45, 7) is 16.4. The lowest BCUT2D eigenvalue weighted by atomic mass is 10.1. The van der Waals surface area contributed by atoms with Crippen LogP contribution in [-0.2, 0) is 9.47 Å². The molecule has 0 radical (unpaired) electrons. The van der Waals surface area contributed by atoms with Crippen LogP contribution < -0.4 is 4.90 Å². The first-order valence-corrected chi connectivity index (χ1v) is 13.4. The molecule has 1 heterocycles. The minimum absolute atomic E-state index is 0.389. The fraction of sp³-hybridized carbons (Fsp3) is 0.379. The van der Waals surface area contributed by atoms with Crippen molar-refractivity contribution in [2.75, 3.05) is 44.4 Å². The van der Waals surface area contributed by atoms with E-state index < -0.39 is 6.10 Å². The lowest BCUT2D eigenvalue weighted by Gasteiger charge is -2.28. The summed E-state index contributed by atoms with van der Waals surface area (Å²) in [6, 6.07) is 17.5. The van der Waals surface area contributed by atoms with Crippen LogP contribution in [-0.4, -0.2) is 44.6 Å². The van der Waals surface area contributed by atoms with E-state index in [4.69, 9.17) is 16.0 Å². The topological polar surface area (TPSA) is 94.8 Å². The van der Waals surface area contributed by atoms with E-state index in [0.29, 0.717) is 59.7 Å². The zero-order valence-electron chi connectivity index (χ0n) is 22.1. The van der Waals surface area contributed by atoms with Crippen LogP contribution in [0.5, 0.6) is 0 Å². The third-order valence-corrected chi connectivity index (χ3v) is 6.98. The summed E-state index contributed by atoms with van der Waals surface area (Å²) in [5, 5.41) is 29.9. The summed E-state index contributed by atoms with van der Waals surface area (Å²) in [7, 11) is 0. The molecule has 1 aromatic heterocycles. The van der Waals surface area contributed by atoms with E-state index in [1.54, 1.807) is 6.92 Å². The summed E-state index contributed by atoms with van der Waals surface area (Å²) >= 11 is 1.17. The first kappa shape index (κ1) is 29.0. The smallest absolute Gasteiger partial charge is 0.247 e. The van der Waals surface area contributed by atoms with Crippen molar-refractivity contribution in [3.63, 3.8) is 0 Å². The Bertz CT molecular complexity index is 1290. The van der Waals surface area contributed by atoms with Crippen LogP contribution in [0.4, 0.5) is 21.4 Å². The normalized spacial score (nSPS) is 11.8. The average molecular weight is 532 g/mol. The van der Waals surface area contributed by atoms with Gasteiger partial charge in [0.2, 0.25) is 5.00 Å². The maximum absolute atomic E-state index is 10.9. The number of hydrogen-bond acceptors (Lipinski definition) is 8. The molecule has 0 aliphatic carbocycles. The molecule has 9 heteroatoms. The van der Waals surface area contributed by atoms with E-state index in [0.717, 1.165) is 29.8 Å². The van der Waals surface area contributed by atoms with Crippen LogP contribution in [0.2, 0.25) is 0 Å². The standard InChI is InChI=1S/C29H33N5O3S/c1-5-14-36-16-17-37-15-13-34(20-27(35)23-9-7-6-8-10-23)24-11-12-26(21(2)18-24)32-33-29-25(19-30)22(3)28(31-4)38-29/h6-12,18,27,35H,5,13-17,20H2,1-3H3. The summed E-state index contributed by atoms with van der Waals surface area (Å²) in [5.74, 6) is 0. The predicted octanol–water partition coefficient (Wildman–Crippen LogP) is 7.19. The van der Waals surface area contributed by atoms with Crippen molar-refractivity contribution in [1.82, 2.24) is 0 Å². The molecule has 3 rings (SSSR count). The Labute approximate surface area is 228 Å². The van der Waals surface area contributed by atoms with Gasteiger partial charge in [-0.3, -0.25) is 0 Å². The highest BCUT2D eigenvalue weighted by molar-refractivity contribution is 7.20. The van der Waals surface area contributed by atoms with Gasteiger partial charge in [-0.25, -0.2) is 4.85 Å². The molecule has 8 nitrogen and oxygen atoms in total. The quantitative estimate of drug-likeness (QED) is 0.135. The fourth-order valence-electron chi connectivity index (χ4n) is 3.80. The van der Waals surface area contributed by atoms with Gasteiger partial charge in [-0.05, 0) is 55.2 Å². The minimum atomic E-state index is -0.660. The second kappa shape index (κ2) is 15.0. The van der Waals surface area contributed by atoms with Gasteiger partial charge in [0.25, 0.3) is 0 Å². The average Bonchev–Trinajstić information content (AvgIpc) is 3.25. The Hall–Kier alpha value is -3.60. The van der Waals surface area contributed by atoms with Gasteiger partial charge in [0.15, 0.2) is 0 Å². The van der Waals surface area contributed by atoms with Crippen molar-refractivity contribution in [1.29, 1.82) is 5.26 Å². The van der Waals surface area contributed by atoms with E-state index in [1.165, 1.54) is 11.3 Å². The Balaban J connectivity index is 1.75. The zero-order chi connectivity index (χ0) is 27.3. The number of aliphatic hydroxyl groups excluding tert-OH is 1. The molecule has 0 aliphatic rings. The molecule has 1 N–H and O–H groups in total. The van der Waals surface area contributed by atoms with Crippen LogP contribution in [0.15, 0.2) is 58.8 Å². The molecule has 1 atom stereocenters. The molecular weight excluding hydrogens is 498 g/mol. The van der Waals surface area contributed by atoms with Gasteiger partial charge >= 0.3 is 0 Å². The van der Waals surface area contributed by atoms with E-state index in [2.05, 4.69) is 33.0 Å². The molecule has 0 saturated heterocycles. The van der Waals surface area contributed by atoms with E-state index in [-0.39, 0.29) is 0 Å². The number of thiophene rings is 1. The first-order valence-electron chi connectivity index (χ1n) is 12.5. The van der Waals surface area contributed by atoms with Gasteiger partial charge in [0.1, 0.15) is 11.1 Å². The van der Waals surface area contributed by atoms with E-state index in [1.807, 2.05) is 55.5 Å². The van der Waals surface area contributed by atoms with Crippen LogP contribution in [0.3, 0.4) is 0 Å². The monoisotopic (exact) mass is 531 g/mol. The largest absolute Gasteiger partial charge is 0.387 e. The Morgan fingerprint density at radius 2 is 1.82 bits per heavy atom. The summed E-state index contributed by atoms with van der Waals surface area (Å²) in [5.41, 5.74) is 4.38. The number of rotatable bonds is 14. The number of nitriles is 1. The van der Waals surface area contributed by atoms with Gasteiger partial charge in [0, 0.05) is 25.4 Å². The Morgan fingerprint density at radius 3 is 2.47 bits per heavy atom. The van der Waals surface area contributed by atoms with Crippen LogP contribution in [0.1, 0.15) is 41.7 Å². The van der Waals surface area contributed by atoms with Crippen LogP contribution in [0, 0.1) is 31.8 Å².